The Labute approximate surface area is 151 Å². The normalized spacial score (nSPS) is 13.1. The van der Waals surface area contributed by atoms with Crippen molar-refractivity contribution in [3.8, 4) is 0 Å². The second-order valence-electron chi connectivity index (χ2n) is 6.49. The van der Waals surface area contributed by atoms with Gasteiger partial charge in [-0.25, -0.2) is 4.79 Å². The van der Waals surface area contributed by atoms with Crippen molar-refractivity contribution in [2.75, 3.05) is 18.6 Å². The molecule has 26 heavy (non-hydrogen) atoms. The van der Waals surface area contributed by atoms with Crippen molar-refractivity contribution in [2.45, 2.75) is 13.8 Å². The zero-order chi connectivity index (χ0) is 18.7. The van der Waals surface area contributed by atoms with Gasteiger partial charge in [-0.05, 0) is 42.3 Å². The molecule has 0 saturated carbocycles. The van der Waals surface area contributed by atoms with Crippen molar-refractivity contribution in [1.82, 2.24) is 4.90 Å². The first kappa shape index (κ1) is 17.7. The number of esters is 1. The van der Waals surface area contributed by atoms with Gasteiger partial charge in [0.25, 0.3) is 11.8 Å². The Bertz CT molecular complexity index is 808. The van der Waals surface area contributed by atoms with E-state index >= 15 is 0 Å². The standard InChI is InChI=1S/C20H20N2O4/c1-13(2)11-26-20(25)14-7-9-15(10-8-14)21-12-22-18(23)16-5-3-4-6-17(16)19(22)24/h3-10,13,21H,11-12H2,1-2H3. The Morgan fingerprint density at radius 3 is 2.12 bits per heavy atom. The number of rotatable bonds is 6. The van der Waals surface area contributed by atoms with Gasteiger partial charge in [-0.2, -0.15) is 0 Å². The molecule has 2 amide bonds. The number of anilines is 1. The molecule has 2 aromatic rings. The predicted molar refractivity (Wildman–Crippen MR) is 97.0 cm³/mol. The van der Waals surface area contributed by atoms with Crippen LogP contribution < -0.4 is 5.32 Å². The molecule has 0 aliphatic carbocycles. The summed E-state index contributed by atoms with van der Waals surface area (Å²) in [6.07, 6.45) is 0. The molecule has 0 saturated heterocycles. The zero-order valence-electron chi connectivity index (χ0n) is 14.7. The van der Waals surface area contributed by atoms with Gasteiger partial charge in [0, 0.05) is 5.69 Å². The van der Waals surface area contributed by atoms with Crippen molar-refractivity contribution in [3.63, 3.8) is 0 Å². The van der Waals surface area contributed by atoms with Gasteiger partial charge in [0.05, 0.1) is 30.0 Å². The molecular formula is C20H20N2O4. The molecule has 0 unspecified atom stereocenters. The Morgan fingerprint density at radius 1 is 1.00 bits per heavy atom. The van der Waals surface area contributed by atoms with Gasteiger partial charge < -0.3 is 10.1 Å². The van der Waals surface area contributed by atoms with Gasteiger partial charge >= 0.3 is 5.97 Å². The maximum atomic E-state index is 12.3. The van der Waals surface area contributed by atoms with Crippen LogP contribution in [-0.2, 0) is 4.74 Å². The van der Waals surface area contributed by atoms with E-state index in [1.54, 1.807) is 48.5 Å². The average molecular weight is 352 g/mol. The second kappa shape index (κ2) is 7.39. The monoisotopic (exact) mass is 352 g/mol. The molecule has 1 aliphatic rings. The summed E-state index contributed by atoms with van der Waals surface area (Å²) >= 11 is 0. The number of ether oxygens (including phenoxy) is 1. The molecule has 1 aliphatic heterocycles. The Kier molecular flexibility index (Phi) is 5.02. The molecule has 134 valence electrons. The molecule has 6 heteroatoms. The van der Waals surface area contributed by atoms with E-state index in [1.165, 1.54) is 0 Å². The number of hydrogen-bond donors (Lipinski definition) is 1. The van der Waals surface area contributed by atoms with E-state index < -0.39 is 0 Å². The number of amides is 2. The minimum absolute atomic E-state index is 0.0590. The van der Waals surface area contributed by atoms with E-state index in [4.69, 9.17) is 4.74 Å². The number of carbonyl (C=O) groups excluding carboxylic acids is 3. The van der Waals surface area contributed by atoms with Crippen LogP contribution in [0, 0.1) is 5.92 Å². The molecule has 0 radical (unpaired) electrons. The minimum atomic E-state index is -0.370. The van der Waals surface area contributed by atoms with Crippen LogP contribution in [-0.4, -0.2) is 36.0 Å². The maximum Gasteiger partial charge on any atom is 0.338 e. The van der Waals surface area contributed by atoms with Crippen LogP contribution >= 0.6 is 0 Å². The lowest BCUT2D eigenvalue weighted by molar-refractivity contribution is 0.0458. The third kappa shape index (κ3) is 3.59. The first-order chi connectivity index (χ1) is 12.5. The molecule has 0 atom stereocenters. The maximum absolute atomic E-state index is 12.3. The van der Waals surface area contributed by atoms with Gasteiger partial charge in [-0.15, -0.1) is 0 Å². The third-order valence-electron chi connectivity index (χ3n) is 3.99. The molecular weight excluding hydrogens is 332 g/mol. The topological polar surface area (TPSA) is 75.7 Å². The van der Waals surface area contributed by atoms with Gasteiger partial charge in [0.1, 0.15) is 0 Å². The number of benzene rings is 2. The number of hydrogen-bond acceptors (Lipinski definition) is 5. The molecule has 3 rings (SSSR count). The van der Waals surface area contributed by atoms with Crippen molar-refractivity contribution in [2.24, 2.45) is 5.92 Å². The van der Waals surface area contributed by atoms with E-state index in [9.17, 15) is 14.4 Å². The van der Waals surface area contributed by atoms with Crippen LogP contribution in [0.25, 0.3) is 0 Å². The number of nitrogens with one attached hydrogen (secondary N) is 1. The summed E-state index contributed by atoms with van der Waals surface area (Å²) in [5, 5.41) is 3.03. The molecule has 1 heterocycles. The fraction of sp³-hybridized carbons (Fsp3) is 0.250. The van der Waals surface area contributed by atoms with Crippen LogP contribution in [0.3, 0.4) is 0 Å². The smallest absolute Gasteiger partial charge is 0.338 e. The largest absolute Gasteiger partial charge is 0.462 e. The minimum Gasteiger partial charge on any atom is -0.462 e. The highest BCUT2D eigenvalue weighted by molar-refractivity contribution is 6.21. The first-order valence-corrected chi connectivity index (χ1v) is 8.43. The Morgan fingerprint density at radius 2 is 1.58 bits per heavy atom. The van der Waals surface area contributed by atoms with Crippen LogP contribution in [0.2, 0.25) is 0 Å². The highest BCUT2D eigenvalue weighted by atomic mass is 16.5. The number of fused-ring (bicyclic) bond motifs is 1. The molecule has 0 bridgehead atoms. The summed E-state index contributed by atoms with van der Waals surface area (Å²) in [5.74, 6) is -0.718. The lowest BCUT2D eigenvalue weighted by atomic mass is 10.1. The summed E-state index contributed by atoms with van der Waals surface area (Å²) in [7, 11) is 0. The van der Waals surface area contributed by atoms with Crippen molar-refractivity contribution in [1.29, 1.82) is 0 Å². The molecule has 0 fully saturated rings. The van der Waals surface area contributed by atoms with E-state index in [0.717, 1.165) is 4.90 Å². The third-order valence-corrected chi connectivity index (χ3v) is 3.99. The van der Waals surface area contributed by atoms with Crippen LogP contribution in [0.1, 0.15) is 44.9 Å². The number of carbonyl (C=O) groups is 3. The summed E-state index contributed by atoms with van der Waals surface area (Å²) in [4.78, 5) is 37.7. The summed E-state index contributed by atoms with van der Waals surface area (Å²) in [5.41, 5.74) is 1.99. The van der Waals surface area contributed by atoms with E-state index in [-0.39, 0.29) is 30.4 Å². The highest BCUT2D eigenvalue weighted by Gasteiger charge is 2.34. The summed E-state index contributed by atoms with van der Waals surface area (Å²) in [6, 6.07) is 13.5. The van der Waals surface area contributed by atoms with E-state index in [2.05, 4.69) is 5.32 Å². The highest BCUT2D eigenvalue weighted by Crippen LogP contribution is 2.22. The van der Waals surface area contributed by atoms with Crippen LogP contribution in [0.15, 0.2) is 48.5 Å². The summed E-state index contributed by atoms with van der Waals surface area (Å²) < 4.78 is 5.18. The first-order valence-electron chi connectivity index (χ1n) is 8.43. The van der Waals surface area contributed by atoms with Crippen LogP contribution in [0.5, 0.6) is 0 Å². The lowest BCUT2D eigenvalue weighted by Gasteiger charge is -2.15. The lowest BCUT2D eigenvalue weighted by Crippen LogP contribution is -2.34. The molecule has 6 nitrogen and oxygen atoms in total. The Hall–Kier alpha value is -3.15. The fourth-order valence-corrected chi connectivity index (χ4v) is 2.60. The van der Waals surface area contributed by atoms with Gasteiger partial charge in [-0.1, -0.05) is 26.0 Å². The van der Waals surface area contributed by atoms with Crippen LogP contribution in [0.4, 0.5) is 5.69 Å². The van der Waals surface area contributed by atoms with Gasteiger partial charge in [0.2, 0.25) is 0 Å². The predicted octanol–water partition coefficient (Wildman–Crippen LogP) is 3.17. The molecule has 0 aromatic heterocycles. The van der Waals surface area contributed by atoms with Gasteiger partial charge in [0.15, 0.2) is 0 Å². The van der Waals surface area contributed by atoms with Crippen molar-refractivity contribution >= 4 is 23.5 Å². The molecule has 2 aromatic carbocycles. The molecule has 0 spiro atoms. The van der Waals surface area contributed by atoms with Crippen molar-refractivity contribution in [3.05, 3.63) is 65.2 Å². The van der Waals surface area contributed by atoms with Crippen molar-refractivity contribution < 1.29 is 19.1 Å². The zero-order valence-corrected chi connectivity index (χ0v) is 14.7. The number of imide groups is 1. The van der Waals surface area contributed by atoms with E-state index in [1.807, 2.05) is 13.8 Å². The fourth-order valence-electron chi connectivity index (χ4n) is 2.60. The van der Waals surface area contributed by atoms with Gasteiger partial charge in [-0.3, -0.25) is 14.5 Å². The molecule has 1 N–H and O–H groups in total. The second-order valence-corrected chi connectivity index (χ2v) is 6.49. The Balaban J connectivity index is 1.60. The van der Waals surface area contributed by atoms with E-state index in [0.29, 0.717) is 29.0 Å². The quantitative estimate of drug-likeness (QED) is 0.638. The average Bonchev–Trinajstić information content (AvgIpc) is 2.89. The SMILES string of the molecule is CC(C)COC(=O)c1ccc(NCN2C(=O)c3ccccc3C2=O)cc1. The number of nitrogens with zero attached hydrogens (tertiary/aromatic N) is 1. The summed E-state index contributed by atoms with van der Waals surface area (Å²) in [6.45, 7) is 4.38.